The number of aromatic nitrogens is 2. The second-order valence-corrected chi connectivity index (χ2v) is 12.6. The summed E-state index contributed by atoms with van der Waals surface area (Å²) in [5, 5.41) is 8.29. The fraction of sp³-hybridized carbons (Fsp3) is 0.633. The smallest absolute Gasteiger partial charge is 0.232 e. The summed E-state index contributed by atoms with van der Waals surface area (Å²) in [7, 11) is 0. The molecule has 0 bridgehead atoms. The highest BCUT2D eigenvalue weighted by molar-refractivity contribution is 7.80. The maximum absolute atomic E-state index is 6.20. The predicted molar refractivity (Wildman–Crippen MR) is 164 cm³/mol. The van der Waals surface area contributed by atoms with E-state index in [1.807, 2.05) is 12.1 Å². The monoisotopic (exact) mass is 554 g/mol. The van der Waals surface area contributed by atoms with Crippen LogP contribution >= 0.6 is 23.8 Å². The molecule has 3 heterocycles. The van der Waals surface area contributed by atoms with Gasteiger partial charge in [-0.3, -0.25) is 0 Å². The normalized spacial score (nSPS) is 23.7. The molecule has 3 aliphatic rings. The molecule has 0 amide bonds. The maximum Gasteiger partial charge on any atom is 0.232 e. The number of hydrogen-bond donors (Lipinski definition) is 2. The van der Waals surface area contributed by atoms with Crippen LogP contribution in [0.3, 0.4) is 0 Å². The van der Waals surface area contributed by atoms with Crippen LogP contribution in [0.1, 0.15) is 83.6 Å². The molecule has 1 aliphatic carbocycles. The van der Waals surface area contributed by atoms with Crippen LogP contribution in [0.5, 0.6) is 0 Å². The number of nitrogens with one attached hydrogen (secondary N) is 2. The van der Waals surface area contributed by atoms with Crippen LogP contribution in [0.4, 0.5) is 17.6 Å². The molecule has 8 heteroatoms. The van der Waals surface area contributed by atoms with E-state index < -0.39 is 0 Å². The molecule has 2 atom stereocenters. The predicted octanol–water partition coefficient (Wildman–Crippen LogP) is 6.93. The van der Waals surface area contributed by atoms with Crippen LogP contribution in [-0.4, -0.2) is 47.3 Å². The molecule has 38 heavy (non-hydrogen) atoms. The summed E-state index contributed by atoms with van der Waals surface area (Å²) in [4.78, 5) is 14.8. The molecule has 6 nitrogen and oxygen atoms in total. The fourth-order valence-corrected chi connectivity index (χ4v) is 6.91. The number of thiocarbonyl (C=S) groups is 1. The van der Waals surface area contributed by atoms with Crippen molar-refractivity contribution in [1.29, 1.82) is 0 Å². The molecule has 0 radical (unpaired) electrons. The Morgan fingerprint density at radius 2 is 1.74 bits per heavy atom. The minimum atomic E-state index is 0.0651. The summed E-state index contributed by atoms with van der Waals surface area (Å²) < 4.78 is 0. The molecule has 5 rings (SSSR count). The Labute approximate surface area is 238 Å². The maximum atomic E-state index is 6.20. The molecule has 1 saturated carbocycles. The Kier molecular flexibility index (Phi) is 8.94. The van der Waals surface area contributed by atoms with Crippen LogP contribution in [0, 0.1) is 5.92 Å². The summed E-state index contributed by atoms with van der Waals surface area (Å²) >= 11 is 12.0. The Hall–Kier alpha value is -2.12. The van der Waals surface area contributed by atoms with Crippen LogP contribution < -0.4 is 20.4 Å². The number of hydrogen-bond acceptors (Lipinski definition) is 5. The number of halogens is 1. The van der Waals surface area contributed by atoms with Crippen LogP contribution in [0.2, 0.25) is 5.02 Å². The lowest BCUT2D eigenvalue weighted by Gasteiger charge is -2.38. The first-order chi connectivity index (χ1) is 18.4. The number of benzene rings is 1. The first-order valence-electron chi connectivity index (χ1n) is 14.6. The van der Waals surface area contributed by atoms with E-state index in [4.69, 9.17) is 33.8 Å². The van der Waals surface area contributed by atoms with Gasteiger partial charge in [-0.2, -0.15) is 9.97 Å². The van der Waals surface area contributed by atoms with E-state index in [0.29, 0.717) is 23.0 Å². The number of nitrogens with zero attached hydrogens (tertiary/aromatic N) is 4. The fourth-order valence-electron chi connectivity index (χ4n) is 6.62. The third-order valence-electron chi connectivity index (χ3n) is 8.86. The van der Waals surface area contributed by atoms with Crippen molar-refractivity contribution in [2.24, 2.45) is 5.92 Å². The first kappa shape index (κ1) is 27.4. The molecule has 3 fully saturated rings. The van der Waals surface area contributed by atoms with Gasteiger partial charge in [-0.05, 0) is 87.7 Å². The summed E-state index contributed by atoms with van der Waals surface area (Å²) in [5.74, 6) is 3.29. The van der Waals surface area contributed by atoms with E-state index in [9.17, 15) is 0 Å². The van der Waals surface area contributed by atoms with Gasteiger partial charge in [0.2, 0.25) is 5.95 Å². The molecule has 2 aromatic rings. The van der Waals surface area contributed by atoms with Gasteiger partial charge < -0.3 is 20.4 Å². The van der Waals surface area contributed by atoms with Gasteiger partial charge >= 0.3 is 0 Å². The van der Waals surface area contributed by atoms with Crippen molar-refractivity contribution in [3.05, 3.63) is 40.9 Å². The SMILES string of the molecule is CC1CCCN(c2cc(N3CCCCC3C)nc(NC(=S)NCC3(c4ccc(Cl)cc4)CCCCC3)n2)C1. The van der Waals surface area contributed by atoms with Crippen molar-refractivity contribution in [3.8, 4) is 0 Å². The molecule has 1 aromatic carbocycles. The highest BCUT2D eigenvalue weighted by Crippen LogP contribution is 2.39. The van der Waals surface area contributed by atoms with Gasteiger partial charge in [0.15, 0.2) is 5.11 Å². The van der Waals surface area contributed by atoms with Crippen LogP contribution in [0.25, 0.3) is 0 Å². The molecule has 2 saturated heterocycles. The number of anilines is 3. The standard InChI is InChI=1S/C30H43ClN6S/c1-22-9-8-17-36(20-22)26-19-27(37-18-7-4-10-23(37)2)34-28(33-26)35-29(38)32-21-30(15-5-3-6-16-30)24-11-13-25(31)14-12-24/h11-14,19,22-23H,3-10,15-18,20-21H2,1-2H3,(H2,32,33,34,35,38). The second kappa shape index (κ2) is 12.4. The molecule has 0 spiro atoms. The zero-order chi connectivity index (χ0) is 26.5. The van der Waals surface area contributed by atoms with Crippen molar-refractivity contribution < 1.29 is 0 Å². The van der Waals surface area contributed by atoms with Gasteiger partial charge in [-0.1, -0.05) is 49.9 Å². The van der Waals surface area contributed by atoms with Crippen molar-refractivity contribution in [3.63, 3.8) is 0 Å². The quantitative estimate of drug-likeness (QED) is 0.375. The van der Waals surface area contributed by atoms with Gasteiger partial charge in [-0.25, -0.2) is 0 Å². The van der Waals surface area contributed by atoms with E-state index in [1.165, 1.54) is 56.9 Å². The molecule has 2 N–H and O–H groups in total. The van der Waals surface area contributed by atoms with Gasteiger partial charge in [0.25, 0.3) is 0 Å². The van der Waals surface area contributed by atoms with Gasteiger partial charge in [0.1, 0.15) is 11.6 Å². The summed E-state index contributed by atoms with van der Waals surface area (Å²) in [6, 6.07) is 11.1. The number of rotatable bonds is 6. The van der Waals surface area contributed by atoms with Gasteiger partial charge in [0.05, 0.1) is 0 Å². The van der Waals surface area contributed by atoms with Crippen molar-refractivity contribution in [2.75, 3.05) is 41.3 Å². The Bertz CT molecular complexity index is 1090. The average Bonchev–Trinajstić information content (AvgIpc) is 2.93. The van der Waals surface area contributed by atoms with Crippen molar-refractivity contribution >= 4 is 46.5 Å². The van der Waals surface area contributed by atoms with E-state index in [1.54, 1.807) is 0 Å². The zero-order valence-corrected chi connectivity index (χ0v) is 24.6. The molecule has 1 aromatic heterocycles. The summed E-state index contributed by atoms with van der Waals surface area (Å²) in [5.41, 5.74) is 1.41. The second-order valence-electron chi connectivity index (χ2n) is 11.8. The van der Waals surface area contributed by atoms with E-state index in [-0.39, 0.29) is 5.41 Å². The minimum absolute atomic E-state index is 0.0651. The Morgan fingerprint density at radius 1 is 0.974 bits per heavy atom. The van der Waals surface area contributed by atoms with Crippen molar-refractivity contribution in [1.82, 2.24) is 15.3 Å². The lowest BCUT2D eigenvalue weighted by Crippen LogP contribution is -2.44. The van der Waals surface area contributed by atoms with Crippen LogP contribution in [0.15, 0.2) is 30.3 Å². The molecule has 2 aliphatic heterocycles. The van der Waals surface area contributed by atoms with Gasteiger partial charge in [-0.15, -0.1) is 0 Å². The highest BCUT2D eigenvalue weighted by Gasteiger charge is 2.34. The minimum Gasteiger partial charge on any atom is -0.361 e. The van der Waals surface area contributed by atoms with E-state index in [0.717, 1.165) is 55.7 Å². The Balaban J connectivity index is 1.34. The summed E-state index contributed by atoms with van der Waals surface area (Å²) in [6.07, 6.45) is 12.3. The number of piperidine rings is 2. The lowest BCUT2D eigenvalue weighted by molar-refractivity contribution is 0.292. The largest absolute Gasteiger partial charge is 0.361 e. The zero-order valence-electron chi connectivity index (χ0n) is 23.0. The molecule has 2 unspecified atom stereocenters. The average molecular weight is 555 g/mol. The molecular formula is C30H43ClN6S. The summed E-state index contributed by atoms with van der Waals surface area (Å²) in [6.45, 7) is 8.56. The topological polar surface area (TPSA) is 56.3 Å². The molecular weight excluding hydrogens is 512 g/mol. The highest BCUT2D eigenvalue weighted by atomic mass is 35.5. The third kappa shape index (κ3) is 6.53. The lowest BCUT2D eigenvalue weighted by atomic mass is 9.69. The van der Waals surface area contributed by atoms with Gasteiger partial charge in [0, 0.05) is 48.7 Å². The molecule has 206 valence electrons. The van der Waals surface area contributed by atoms with Crippen LogP contribution in [-0.2, 0) is 5.41 Å². The van der Waals surface area contributed by atoms with E-state index >= 15 is 0 Å². The Morgan fingerprint density at radius 3 is 2.47 bits per heavy atom. The first-order valence-corrected chi connectivity index (χ1v) is 15.4. The van der Waals surface area contributed by atoms with E-state index in [2.05, 4.69) is 52.5 Å². The third-order valence-corrected chi connectivity index (χ3v) is 9.36. The van der Waals surface area contributed by atoms with Crippen molar-refractivity contribution in [2.45, 2.75) is 89.5 Å².